The van der Waals surface area contributed by atoms with Crippen LogP contribution in [0.25, 0.3) is 0 Å². The summed E-state index contributed by atoms with van der Waals surface area (Å²) >= 11 is 0. The second kappa shape index (κ2) is 31.2. The molecule has 1 aromatic rings. The van der Waals surface area contributed by atoms with Gasteiger partial charge >= 0.3 is 0 Å². The van der Waals surface area contributed by atoms with Crippen LogP contribution in [0.4, 0.5) is 0 Å². The molecule has 0 aliphatic carbocycles. The van der Waals surface area contributed by atoms with E-state index < -0.39 is 232 Å². The van der Waals surface area contributed by atoms with Crippen molar-refractivity contribution in [2.75, 3.05) is 39.6 Å². The average Bonchev–Trinajstić information content (AvgIpc) is 0.980. The molecule has 30 nitrogen and oxygen atoms in total. The molecule has 30 unspecified atom stereocenters. The zero-order valence-electron chi connectivity index (χ0n) is 47.1. The van der Waals surface area contributed by atoms with E-state index in [1.807, 2.05) is 42.5 Å². The summed E-state index contributed by atoms with van der Waals surface area (Å²) in [5.41, 5.74) is 1.78. The molecule has 0 radical (unpaired) electrons. The molecule has 22 heterocycles. The van der Waals surface area contributed by atoms with Gasteiger partial charge < -0.3 is 148 Å². The Morgan fingerprint density at radius 3 is 0.849 bits per heavy atom. The minimum Gasteiger partial charge on any atom is -0.394 e. The lowest BCUT2D eigenvalue weighted by molar-refractivity contribution is -0.404. The minimum atomic E-state index is -2.16. The molecule has 490 valence electrons. The van der Waals surface area contributed by atoms with Crippen LogP contribution >= 0.6 is 0 Å². The highest BCUT2D eigenvalue weighted by Gasteiger charge is 2.59. The van der Waals surface area contributed by atoms with E-state index in [1.165, 1.54) is 0 Å². The fraction of sp³-hybridized carbons (Fsp3) is 0.782. The fourth-order valence-corrected chi connectivity index (χ4v) is 16.0. The van der Waals surface area contributed by atoms with Crippen LogP contribution in [-0.4, -0.2) is 319 Å². The molecule has 22 aliphatic heterocycles. The lowest BCUT2D eigenvalue weighted by Crippen LogP contribution is -2.69. The molecule has 86 heavy (non-hydrogen) atoms. The quantitative estimate of drug-likeness (QED) is 0.0452. The Morgan fingerprint density at radius 1 is 0.349 bits per heavy atom. The van der Waals surface area contributed by atoms with Crippen molar-refractivity contribution in [1.29, 1.82) is 0 Å². The fourth-order valence-electron chi connectivity index (χ4n) is 12.2. The summed E-state index contributed by atoms with van der Waals surface area (Å²) in [7, 11) is -1.73. The summed E-state index contributed by atoms with van der Waals surface area (Å²) < 4.78 is 76.4. The molecule has 22 saturated heterocycles. The monoisotopic (exact) mass is 1250 g/mol. The van der Waals surface area contributed by atoms with E-state index in [0.717, 1.165) is 42.6 Å². The van der Waals surface area contributed by atoms with Gasteiger partial charge in [0.1, 0.15) is 146 Å². The van der Waals surface area contributed by atoms with E-state index >= 15 is 0 Å². The zero-order chi connectivity index (χ0) is 62.3. The number of ether oxygens (including phenoxy) is 13. The Balaban J connectivity index is 1.06. The lowest BCUT2D eigenvalue weighted by atomic mass is 9.94. The second-order valence-electron chi connectivity index (χ2n) is 22.8. The molecule has 0 amide bonds. The van der Waals surface area contributed by atoms with Crippen LogP contribution < -0.4 is 0 Å². The first-order chi connectivity index (χ1) is 41.2. The third kappa shape index (κ3) is 15.2. The molecule has 17 N–H and O–H groups in total. The third-order valence-corrected chi connectivity index (χ3v) is 21.8. The van der Waals surface area contributed by atoms with Gasteiger partial charge in [0.15, 0.2) is 37.7 Å². The average molecular weight is 1260 g/mol. The summed E-state index contributed by atoms with van der Waals surface area (Å²) in [5.74, 6) is 0. The summed E-state index contributed by atoms with van der Waals surface area (Å²) in [6, 6.07) is 11.5. The molecule has 0 spiro atoms. The van der Waals surface area contributed by atoms with E-state index in [1.54, 1.807) is 0 Å². The van der Waals surface area contributed by atoms with E-state index in [2.05, 4.69) is 19.7 Å². The number of hydrogen-bond acceptors (Lipinski definition) is 30. The highest BCUT2D eigenvalue weighted by Crippen LogP contribution is 2.39. The molecule has 12 bridgehead atoms. The Kier molecular flexibility index (Phi) is 25.1. The molecule has 22 fully saturated rings. The van der Waals surface area contributed by atoms with Crippen LogP contribution in [0.2, 0.25) is 24.2 Å². The maximum atomic E-state index is 11.9. The van der Waals surface area contributed by atoms with Crippen molar-refractivity contribution >= 4 is 8.07 Å². The third-order valence-electron chi connectivity index (χ3n) is 17.0. The van der Waals surface area contributed by atoms with Gasteiger partial charge in [0.25, 0.3) is 0 Å². The Hall–Kier alpha value is -2.54. The molecule has 31 heteroatoms. The molecule has 0 saturated carbocycles. The Morgan fingerprint density at radius 2 is 0.593 bits per heavy atom. The highest BCUT2D eigenvalue weighted by atomic mass is 28.3. The van der Waals surface area contributed by atoms with E-state index in [-0.39, 0.29) is 6.61 Å². The first-order valence-corrected chi connectivity index (χ1v) is 31.6. The summed E-state index contributed by atoms with van der Waals surface area (Å²) in [6.45, 7) is 6.39. The maximum Gasteiger partial charge on any atom is 0.187 e. The van der Waals surface area contributed by atoms with Crippen molar-refractivity contribution in [2.45, 2.75) is 228 Å². The minimum absolute atomic E-state index is 0.0617. The van der Waals surface area contributed by atoms with Gasteiger partial charge in [-0.2, -0.15) is 0 Å². The molecule has 23 rings (SSSR count). The lowest BCUT2D eigenvalue weighted by Gasteiger charge is -2.50. The number of aliphatic hydroxyl groups excluding tert-OH is 17. The molecule has 30 atom stereocenters. The molecular formula is C55H86O30Si. The van der Waals surface area contributed by atoms with Gasteiger partial charge in [0.2, 0.25) is 0 Å². The van der Waals surface area contributed by atoms with Gasteiger partial charge in [-0.3, -0.25) is 0 Å². The smallest absolute Gasteiger partial charge is 0.187 e. The number of aliphatic hydroxyl groups is 17. The zero-order valence-corrected chi connectivity index (χ0v) is 48.1. The summed E-state index contributed by atoms with van der Waals surface area (Å²) in [5, 5.41) is 190. The van der Waals surface area contributed by atoms with Gasteiger partial charge in [-0.15, -0.1) is 19.7 Å². The van der Waals surface area contributed by atoms with Crippen LogP contribution in [0, 0.1) is 0 Å². The van der Waals surface area contributed by atoms with Gasteiger partial charge in [0.05, 0.1) is 54.3 Å². The van der Waals surface area contributed by atoms with Gasteiger partial charge in [-0.05, 0) is 35.7 Å². The topological polar surface area (TPSA) is 464 Å². The van der Waals surface area contributed by atoms with Crippen molar-refractivity contribution < 1.29 is 148 Å². The number of hydrogen-bond donors (Lipinski definition) is 17. The normalized spacial score (nSPS) is 45.3. The van der Waals surface area contributed by atoms with Crippen LogP contribution in [0.15, 0.2) is 62.2 Å². The first kappa shape index (κ1) is 69.3. The van der Waals surface area contributed by atoms with E-state index in [0.29, 0.717) is 5.56 Å². The summed E-state index contributed by atoms with van der Waals surface area (Å²) in [6.07, 6.45) is -50.8. The molecular weight excluding hydrogens is 1170 g/mol. The second-order valence-corrected chi connectivity index (χ2v) is 27.6. The van der Waals surface area contributed by atoms with E-state index in [9.17, 15) is 86.8 Å². The van der Waals surface area contributed by atoms with Crippen molar-refractivity contribution in [3.63, 3.8) is 0 Å². The SMILES string of the molecule is C=CC[Si](CC=C)(CC=C)CCCc1ccc(COCC2OC3OC4C(CO)OC(OC5C(CO)OC(OC6C(CO)OC(OC7C(CO)OC(OC8C(CO)OC(OC2C(O)C3O)C(O)C8O)C(O)C7O)C(O)C6O)C(O)C5O)C(O)C4O)cc1. The Labute approximate surface area is 496 Å². The van der Waals surface area contributed by atoms with Crippen LogP contribution in [0.5, 0.6) is 0 Å². The molecule has 1 aromatic carbocycles. The molecule has 22 aliphatic rings. The Bertz CT molecular complexity index is 2220. The van der Waals surface area contributed by atoms with Crippen LogP contribution in [0.1, 0.15) is 17.5 Å². The van der Waals surface area contributed by atoms with Crippen LogP contribution in [0.3, 0.4) is 0 Å². The number of aryl methyl sites for hydroxylation is 1. The molecule has 0 aromatic heterocycles. The predicted octanol–water partition coefficient (Wildman–Crippen LogP) is -6.89. The highest BCUT2D eigenvalue weighted by molar-refractivity contribution is 6.81. The number of rotatable bonds is 19. The first-order valence-electron chi connectivity index (χ1n) is 28.8. The van der Waals surface area contributed by atoms with Crippen molar-refractivity contribution in [3.05, 3.63) is 73.4 Å². The maximum absolute atomic E-state index is 11.9. The largest absolute Gasteiger partial charge is 0.394 e. The van der Waals surface area contributed by atoms with E-state index in [4.69, 9.17) is 61.6 Å². The number of benzene rings is 1. The predicted molar refractivity (Wildman–Crippen MR) is 289 cm³/mol. The van der Waals surface area contributed by atoms with Crippen molar-refractivity contribution in [2.24, 2.45) is 0 Å². The van der Waals surface area contributed by atoms with Crippen molar-refractivity contribution in [1.82, 2.24) is 0 Å². The standard InChI is InChI=1S/C55H86O30Si/c1-4-13-86(14-5-2,15-6-3)16-7-8-24-9-11-25(12-10-24)22-73-23-31-49-37(66)43(72)55(79-31)84-48-30(21-60)77-53(41(70)35(48)64)82-46-28(19-58)75-51(39(68)33(46)62)80-44-26(17-56)74-50(38(67)32(44)61)81-45-27(18-57)76-52(40(69)34(45)63)83-47-29(20-59)78-54(85-49)42(71)36(47)65/h4-6,9-12,26-72H,1-3,7-8,13-23H2. The van der Waals surface area contributed by atoms with Gasteiger partial charge in [-0.25, -0.2) is 0 Å². The number of allylic oxidation sites excluding steroid dienone is 3. The van der Waals surface area contributed by atoms with Crippen molar-refractivity contribution in [3.8, 4) is 0 Å². The van der Waals surface area contributed by atoms with Crippen LogP contribution in [-0.2, 0) is 74.6 Å². The van der Waals surface area contributed by atoms with Gasteiger partial charge in [0, 0.05) is 0 Å². The summed E-state index contributed by atoms with van der Waals surface area (Å²) in [4.78, 5) is 0. The van der Waals surface area contributed by atoms with Gasteiger partial charge in [-0.1, -0.05) is 55.0 Å².